The molecule has 1 aliphatic rings. The molecule has 6 nitrogen and oxygen atoms in total. The van der Waals surface area contributed by atoms with E-state index in [-0.39, 0.29) is 11.8 Å². The first-order chi connectivity index (χ1) is 8.16. The average Bonchev–Trinajstić information content (AvgIpc) is 2.87. The third-order valence-electron chi connectivity index (χ3n) is 3.07. The average molecular weight is 238 g/mol. The highest BCUT2D eigenvalue weighted by molar-refractivity contribution is 5.79. The number of nitrogens with zero attached hydrogens (tertiary/aromatic N) is 2. The number of hydrogen-bond acceptors (Lipinski definition) is 5. The van der Waals surface area contributed by atoms with Gasteiger partial charge in [-0.2, -0.15) is 4.98 Å². The molecular weight excluding hydrogens is 220 g/mol. The fourth-order valence-corrected chi connectivity index (χ4v) is 2.03. The van der Waals surface area contributed by atoms with E-state index in [4.69, 9.17) is 4.52 Å². The molecule has 0 radical (unpaired) electrons. The Morgan fingerprint density at radius 1 is 1.59 bits per heavy atom. The van der Waals surface area contributed by atoms with E-state index in [0.29, 0.717) is 30.6 Å². The molecule has 1 aromatic rings. The highest BCUT2D eigenvalue weighted by Gasteiger charge is 2.29. The minimum atomic E-state index is 0.0852. The highest BCUT2D eigenvalue weighted by atomic mass is 16.5. The molecule has 1 fully saturated rings. The van der Waals surface area contributed by atoms with Gasteiger partial charge in [-0.25, -0.2) is 0 Å². The van der Waals surface area contributed by atoms with E-state index < -0.39 is 0 Å². The Balaban J connectivity index is 1.73. The van der Waals surface area contributed by atoms with Crippen LogP contribution in [0.25, 0.3) is 0 Å². The van der Waals surface area contributed by atoms with Crippen molar-refractivity contribution in [3.63, 3.8) is 0 Å². The fraction of sp³-hybridized carbons (Fsp3) is 0.727. The Morgan fingerprint density at radius 3 is 3.00 bits per heavy atom. The molecule has 2 unspecified atom stereocenters. The predicted molar refractivity (Wildman–Crippen MR) is 61.3 cm³/mol. The van der Waals surface area contributed by atoms with Crippen LogP contribution in [0.4, 0.5) is 0 Å². The summed E-state index contributed by atoms with van der Waals surface area (Å²) in [5, 5.41) is 9.90. The van der Waals surface area contributed by atoms with Gasteiger partial charge in [-0.1, -0.05) is 12.1 Å². The number of aryl methyl sites for hydroxylation is 1. The Kier molecular flexibility index (Phi) is 3.73. The summed E-state index contributed by atoms with van der Waals surface area (Å²) in [6.07, 6.45) is 0.609. The molecular formula is C11H18N4O2. The summed E-state index contributed by atoms with van der Waals surface area (Å²) in [6.45, 7) is 6.09. The molecule has 6 heteroatoms. The van der Waals surface area contributed by atoms with Gasteiger partial charge in [-0.15, -0.1) is 0 Å². The van der Waals surface area contributed by atoms with Crippen LogP contribution in [-0.4, -0.2) is 35.7 Å². The molecule has 2 atom stereocenters. The van der Waals surface area contributed by atoms with Crippen molar-refractivity contribution in [1.82, 2.24) is 20.8 Å². The lowest BCUT2D eigenvalue weighted by atomic mass is 9.97. The minimum Gasteiger partial charge on any atom is -0.355 e. The highest BCUT2D eigenvalue weighted by Crippen LogP contribution is 2.15. The van der Waals surface area contributed by atoms with Gasteiger partial charge in [0, 0.05) is 26.4 Å². The summed E-state index contributed by atoms with van der Waals surface area (Å²) in [4.78, 5) is 15.9. The van der Waals surface area contributed by atoms with Crippen LogP contribution in [0.3, 0.4) is 0 Å². The molecule has 2 N–H and O–H groups in total. The summed E-state index contributed by atoms with van der Waals surface area (Å²) < 4.78 is 4.86. The van der Waals surface area contributed by atoms with Crippen molar-refractivity contribution in [3.8, 4) is 0 Å². The third kappa shape index (κ3) is 3.03. The number of carbonyl (C=O) groups is 1. The van der Waals surface area contributed by atoms with Gasteiger partial charge in [0.05, 0.1) is 5.92 Å². The molecule has 2 heterocycles. The fourth-order valence-electron chi connectivity index (χ4n) is 2.03. The van der Waals surface area contributed by atoms with E-state index in [0.717, 1.165) is 13.1 Å². The van der Waals surface area contributed by atoms with Crippen LogP contribution in [-0.2, 0) is 11.2 Å². The van der Waals surface area contributed by atoms with Crippen LogP contribution in [0.1, 0.15) is 18.6 Å². The van der Waals surface area contributed by atoms with Gasteiger partial charge in [0.15, 0.2) is 5.82 Å². The molecule has 1 aromatic heterocycles. The standard InChI is InChI=1S/C11H18N4O2/c1-7-5-12-6-9(7)11(16)13-4-3-10-14-8(2)17-15-10/h7,9,12H,3-6H2,1-2H3,(H,13,16). The number of rotatable bonds is 4. The van der Waals surface area contributed by atoms with Gasteiger partial charge in [-0.3, -0.25) is 4.79 Å². The Morgan fingerprint density at radius 2 is 2.41 bits per heavy atom. The van der Waals surface area contributed by atoms with Gasteiger partial charge in [0.2, 0.25) is 11.8 Å². The minimum absolute atomic E-state index is 0.0852. The third-order valence-corrected chi connectivity index (χ3v) is 3.07. The molecule has 1 saturated heterocycles. The molecule has 0 aliphatic carbocycles. The second kappa shape index (κ2) is 5.27. The van der Waals surface area contributed by atoms with E-state index in [1.54, 1.807) is 6.92 Å². The monoisotopic (exact) mass is 238 g/mol. The van der Waals surface area contributed by atoms with Crippen molar-refractivity contribution >= 4 is 5.91 Å². The van der Waals surface area contributed by atoms with E-state index in [1.807, 2.05) is 0 Å². The van der Waals surface area contributed by atoms with Gasteiger partial charge < -0.3 is 15.2 Å². The smallest absolute Gasteiger partial charge is 0.224 e. The maximum absolute atomic E-state index is 11.8. The van der Waals surface area contributed by atoms with Crippen molar-refractivity contribution in [2.45, 2.75) is 20.3 Å². The lowest BCUT2D eigenvalue weighted by Crippen LogP contribution is -2.35. The van der Waals surface area contributed by atoms with E-state index in [9.17, 15) is 4.79 Å². The SMILES string of the molecule is Cc1nc(CCNC(=O)C2CNCC2C)no1. The molecule has 0 aromatic carbocycles. The number of nitrogens with one attached hydrogen (secondary N) is 2. The largest absolute Gasteiger partial charge is 0.355 e. The Labute approximate surface area is 100 Å². The molecule has 0 bridgehead atoms. The lowest BCUT2D eigenvalue weighted by Gasteiger charge is -2.13. The van der Waals surface area contributed by atoms with Crippen molar-refractivity contribution < 1.29 is 9.32 Å². The van der Waals surface area contributed by atoms with Crippen molar-refractivity contribution in [3.05, 3.63) is 11.7 Å². The van der Waals surface area contributed by atoms with Gasteiger partial charge in [0.25, 0.3) is 0 Å². The second-order valence-electron chi connectivity index (χ2n) is 4.51. The Hall–Kier alpha value is -1.43. The van der Waals surface area contributed by atoms with E-state index in [1.165, 1.54) is 0 Å². The molecule has 0 saturated carbocycles. The summed E-state index contributed by atoms with van der Waals surface area (Å²) in [7, 11) is 0. The zero-order chi connectivity index (χ0) is 12.3. The van der Waals surface area contributed by atoms with Gasteiger partial charge in [0.1, 0.15) is 0 Å². The molecule has 17 heavy (non-hydrogen) atoms. The predicted octanol–water partition coefficient (Wildman–Crippen LogP) is -0.108. The van der Waals surface area contributed by atoms with Crippen molar-refractivity contribution in [2.75, 3.05) is 19.6 Å². The quantitative estimate of drug-likeness (QED) is 0.765. The van der Waals surface area contributed by atoms with Crippen molar-refractivity contribution in [2.24, 2.45) is 11.8 Å². The van der Waals surface area contributed by atoms with Gasteiger partial charge in [-0.05, 0) is 12.5 Å². The zero-order valence-corrected chi connectivity index (χ0v) is 10.2. The number of aromatic nitrogens is 2. The molecule has 1 aliphatic heterocycles. The van der Waals surface area contributed by atoms with Gasteiger partial charge >= 0.3 is 0 Å². The molecule has 0 spiro atoms. The molecule has 1 amide bonds. The van der Waals surface area contributed by atoms with Crippen LogP contribution in [0.5, 0.6) is 0 Å². The first-order valence-electron chi connectivity index (χ1n) is 5.94. The maximum Gasteiger partial charge on any atom is 0.224 e. The van der Waals surface area contributed by atoms with Crippen LogP contribution >= 0.6 is 0 Å². The number of amides is 1. The van der Waals surface area contributed by atoms with Crippen LogP contribution in [0.2, 0.25) is 0 Å². The zero-order valence-electron chi connectivity index (χ0n) is 10.2. The first kappa shape index (κ1) is 12.0. The summed E-state index contributed by atoms with van der Waals surface area (Å²) in [5.74, 6) is 1.80. The maximum atomic E-state index is 11.8. The molecule has 2 rings (SSSR count). The number of carbonyl (C=O) groups excluding carboxylic acids is 1. The first-order valence-corrected chi connectivity index (χ1v) is 5.94. The Bertz CT molecular complexity index is 391. The molecule has 94 valence electrons. The summed E-state index contributed by atoms with van der Waals surface area (Å²) in [5.41, 5.74) is 0. The number of hydrogen-bond donors (Lipinski definition) is 2. The summed E-state index contributed by atoms with van der Waals surface area (Å²) >= 11 is 0. The lowest BCUT2D eigenvalue weighted by molar-refractivity contribution is -0.125. The van der Waals surface area contributed by atoms with Crippen LogP contribution in [0.15, 0.2) is 4.52 Å². The van der Waals surface area contributed by atoms with E-state index >= 15 is 0 Å². The van der Waals surface area contributed by atoms with Crippen LogP contribution in [0, 0.1) is 18.8 Å². The second-order valence-corrected chi connectivity index (χ2v) is 4.51. The van der Waals surface area contributed by atoms with Crippen LogP contribution < -0.4 is 10.6 Å². The summed E-state index contributed by atoms with van der Waals surface area (Å²) in [6, 6.07) is 0. The normalized spacial score (nSPS) is 23.9. The topological polar surface area (TPSA) is 80.0 Å². The van der Waals surface area contributed by atoms with E-state index in [2.05, 4.69) is 27.7 Å². The van der Waals surface area contributed by atoms with Crippen molar-refractivity contribution in [1.29, 1.82) is 0 Å².